The number of aliphatic hydroxyl groups excluding tert-OH is 19. The molecule has 6 fully saturated rings. The molecule has 0 aromatic carbocycles. The first-order valence-electron chi connectivity index (χ1n) is 26.3. The summed E-state index contributed by atoms with van der Waals surface area (Å²) in [5, 5.41) is 204. The van der Waals surface area contributed by atoms with Gasteiger partial charge in [-0.25, -0.2) is 0 Å². The zero-order valence-electron chi connectivity index (χ0n) is 44.1. The van der Waals surface area contributed by atoms with Crippen molar-refractivity contribution >= 4 is 0 Å². The predicted molar refractivity (Wildman–Crippen MR) is 251 cm³/mol. The van der Waals surface area contributed by atoms with Crippen LogP contribution in [0.3, 0.4) is 0 Å². The van der Waals surface area contributed by atoms with Crippen LogP contribution in [-0.4, -0.2) is 340 Å². The van der Waals surface area contributed by atoms with Crippen molar-refractivity contribution in [3.05, 3.63) is 0 Å². The summed E-state index contributed by atoms with van der Waals surface area (Å²) >= 11 is 0. The molecule has 6 heterocycles. The number of ether oxygens (including phenoxy) is 13. The topological polar surface area (TPSA) is 504 Å². The monoisotopic (exact) mass is 1160 g/mol. The van der Waals surface area contributed by atoms with Gasteiger partial charge in [0, 0.05) is 17.8 Å². The minimum absolute atomic E-state index is 0.459. The molecule has 19 N–H and O–H groups in total. The maximum absolute atomic E-state index is 12.1. The number of hydrogen-bond acceptors (Lipinski definition) is 32. The van der Waals surface area contributed by atoms with E-state index in [9.17, 15) is 97.0 Å². The van der Waals surface area contributed by atoms with Crippen LogP contribution in [0.15, 0.2) is 0 Å². The van der Waals surface area contributed by atoms with Gasteiger partial charge in [-0.2, -0.15) is 0 Å². The van der Waals surface area contributed by atoms with E-state index in [4.69, 9.17) is 61.6 Å². The van der Waals surface area contributed by atoms with Crippen LogP contribution in [0.4, 0.5) is 0 Å². The van der Waals surface area contributed by atoms with Crippen LogP contribution in [0, 0.1) is 17.8 Å². The van der Waals surface area contributed by atoms with E-state index in [1.165, 1.54) is 6.92 Å². The lowest BCUT2D eigenvalue weighted by atomic mass is 9.89. The lowest BCUT2D eigenvalue weighted by molar-refractivity contribution is -0.396. The summed E-state index contributed by atoms with van der Waals surface area (Å²) in [7, 11) is 0. The third kappa shape index (κ3) is 14.9. The van der Waals surface area contributed by atoms with Gasteiger partial charge in [0.05, 0.1) is 71.2 Å². The van der Waals surface area contributed by atoms with Gasteiger partial charge in [-0.15, -0.1) is 0 Å². The van der Waals surface area contributed by atoms with Crippen molar-refractivity contribution in [1.29, 1.82) is 0 Å². The second-order valence-corrected chi connectivity index (χ2v) is 21.2. The second kappa shape index (κ2) is 29.7. The molecular weight excluding hydrogens is 1080 g/mol. The fourth-order valence-electron chi connectivity index (χ4n) is 10.1. The van der Waals surface area contributed by atoms with Crippen LogP contribution in [0.25, 0.3) is 0 Å². The Morgan fingerprint density at radius 1 is 0.354 bits per heavy atom. The fraction of sp³-hybridized carbons (Fsp3) is 1.00. The highest BCUT2D eigenvalue weighted by molar-refractivity contribution is 4.99. The van der Waals surface area contributed by atoms with E-state index in [1.54, 1.807) is 27.7 Å². The van der Waals surface area contributed by atoms with Gasteiger partial charge in [0.25, 0.3) is 0 Å². The van der Waals surface area contributed by atoms with Crippen molar-refractivity contribution in [2.45, 2.75) is 225 Å². The summed E-state index contributed by atoms with van der Waals surface area (Å²) in [5.74, 6) is -2.25. The molecule has 33 atom stereocenters. The molecule has 0 amide bonds. The van der Waals surface area contributed by atoms with E-state index in [1.807, 2.05) is 0 Å². The van der Waals surface area contributed by atoms with Crippen LogP contribution in [0.2, 0.25) is 0 Å². The van der Waals surface area contributed by atoms with Gasteiger partial charge in [-0.1, -0.05) is 27.7 Å². The standard InChI is InChI=1S/C47H84O32/c1-14(2)42(76-38-23(11-53)68-17(5)15(3)26(38)55)69-18(6-48)19(7-49)70-46-37(66)40(31(60)25(75-46)13-67-44-35(64)32(61)28(57)20(8-50)71-44)78-47-41(34(63)30(59)22(10-52)73-47)79-43-16(4)27(56)39(24(12-54)74-43)77-45-36(65)33(62)29(58)21(9-51)72-45/h14-66H,6-13H2,1-5H3/t15-,16+,17+,18?,19+,20?,21?,22-,23?,24?,25?,26?,27?,28-,29+,30-,31-,32?,33?,34?,35-,36+,37-,38-,39-,40?,41?,42+,43+,44+,45+,46-,47-/m1/s1. The normalized spacial score (nSPS) is 48.4. The molecule has 0 aliphatic carbocycles. The van der Waals surface area contributed by atoms with Gasteiger partial charge in [0.2, 0.25) is 0 Å². The molecule has 6 rings (SSSR count). The molecule has 32 heteroatoms. The van der Waals surface area contributed by atoms with E-state index in [0.29, 0.717) is 0 Å². The molecule has 32 nitrogen and oxygen atoms in total. The van der Waals surface area contributed by atoms with E-state index < -0.39 is 261 Å². The van der Waals surface area contributed by atoms with Crippen molar-refractivity contribution in [3.8, 4) is 0 Å². The van der Waals surface area contributed by atoms with Crippen LogP contribution >= 0.6 is 0 Å². The van der Waals surface area contributed by atoms with Gasteiger partial charge >= 0.3 is 0 Å². The van der Waals surface area contributed by atoms with Crippen molar-refractivity contribution in [2.75, 3.05) is 52.9 Å². The van der Waals surface area contributed by atoms with Crippen LogP contribution in [0.1, 0.15) is 34.6 Å². The lowest BCUT2D eigenvalue weighted by Crippen LogP contribution is -2.67. The number of hydrogen-bond donors (Lipinski definition) is 19. The Balaban J connectivity index is 1.26. The SMILES string of the molecule is CC(C)[C@@H](OC(CO)[C@H](CO)O[C@@H]1OC(CO[C@H]2OC(CO)[C@@H](O)C(O)[C@H]2O)[C@@H](O)C(O[C@H]2O[C@H](CO)[C@@H](O)C(O)C2O[C@@H]2OC(CO)[C@@H](O[C@@H]3OC(CO)[C@H](O)C(O)[C@@H]3O)C(O)[C@@H]2C)[C@H]1O)O[C@@H]1C(CO)O[C@@H](C)[C@@H](C)C1O. The largest absolute Gasteiger partial charge is 0.394 e. The smallest absolute Gasteiger partial charge is 0.187 e. The average molecular weight is 1160 g/mol. The predicted octanol–water partition coefficient (Wildman–Crippen LogP) is -10.7. The Labute approximate surface area is 453 Å². The first kappa shape index (κ1) is 66.9. The Morgan fingerprint density at radius 2 is 0.810 bits per heavy atom. The average Bonchev–Trinajstić information content (AvgIpc) is 3.55. The Bertz CT molecular complexity index is 1770. The minimum Gasteiger partial charge on any atom is -0.394 e. The Kier molecular flexibility index (Phi) is 25.1. The summed E-state index contributed by atoms with van der Waals surface area (Å²) in [4.78, 5) is 0. The Hall–Kier alpha value is -1.28. The first-order chi connectivity index (χ1) is 37.4. The van der Waals surface area contributed by atoms with Crippen LogP contribution in [-0.2, 0) is 61.6 Å². The molecule has 0 bridgehead atoms. The van der Waals surface area contributed by atoms with Gasteiger partial charge in [-0.3, -0.25) is 0 Å². The maximum Gasteiger partial charge on any atom is 0.187 e. The zero-order chi connectivity index (χ0) is 58.5. The van der Waals surface area contributed by atoms with Crippen molar-refractivity contribution in [3.63, 3.8) is 0 Å². The van der Waals surface area contributed by atoms with Crippen molar-refractivity contribution < 1.29 is 159 Å². The molecule has 0 radical (unpaired) electrons. The van der Waals surface area contributed by atoms with Gasteiger partial charge in [0.15, 0.2) is 37.7 Å². The molecule has 13 unspecified atom stereocenters. The van der Waals surface area contributed by atoms with Crippen LogP contribution < -0.4 is 0 Å². The molecule has 6 saturated heterocycles. The van der Waals surface area contributed by atoms with Gasteiger partial charge < -0.3 is 159 Å². The molecule has 0 aromatic rings. The van der Waals surface area contributed by atoms with E-state index in [-0.39, 0.29) is 0 Å². The first-order valence-corrected chi connectivity index (χ1v) is 26.3. The molecule has 0 spiro atoms. The molecule has 0 aromatic heterocycles. The van der Waals surface area contributed by atoms with E-state index in [2.05, 4.69) is 0 Å². The fourth-order valence-corrected chi connectivity index (χ4v) is 10.1. The lowest BCUT2D eigenvalue weighted by Gasteiger charge is -2.50. The van der Waals surface area contributed by atoms with E-state index >= 15 is 0 Å². The highest BCUT2D eigenvalue weighted by Crippen LogP contribution is 2.38. The summed E-state index contributed by atoms with van der Waals surface area (Å²) in [6, 6.07) is 0. The summed E-state index contributed by atoms with van der Waals surface area (Å²) in [5.41, 5.74) is 0. The molecule has 79 heavy (non-hydrogen) atoms. The second-order valence-electron chi connectivity index (χ2n) is 21.2. The molecule has 0 saturated carbocycles. The summed E-state index contributed by atoms with van der Waals surface area (Å²) in [6.07, 6.45) is -52.5. The molecule has 6 aliphatic heterocycles. The third-order valence-electron chi connectivity index (χ3n) is 15.4. The molecule has 464 valence electrons. The molecule has 6 aliphatic rings. The molecular formula is C47H84O32. The van der Waals surface area contributed by atoms with Crippen molar-refractivity contribution in [2.24, 2.45) is 17.8 Å². The van der Waals surface area contributed by atoms with E-state index in [0.717, 1.165) is 0 Å². The zero-order valence-corrected chi connectivity index (χ0v) is 44.1. The van der Waals surface area contributed by atoms with Gasteiger partial charge in [0.1, 0.15) is 134 Å². The van der Waals surface area contributed by atoms with Crippen LogP contribution in [0.5, 0.6) is 0 Å². The van der Waals surface area contributed by atoms with Crippen molar-refractivity contribution in [1.82, 2.24) is 0 Å². The highest BCUT2D eigenvalue weighted by atomic mass is 16.8. The summed E-state index contributed by atoms with van der Waals surface area (Å²) < 4.78 is 76.5. The Morgan fingerprint density at radius 3 is 1.35 bits per heavy atom. The van der Waals surface area contributed by atoms with Gasteiger partial charge in [-0.05, 0) is 6.92 Å². The maximum atomic E-state index is 12.1. The quantitative estimate of drug-likeness (QED) is 0.0399. The highest BCUT2D eigenvalue weighted by Gasteiger charge is 2.57. The summed E-state index contributed by atoms with van der Waals surface area (Å²) in [6.45, 7) is 1.24. The number of rotatable bonds is 24. The number of aliphatic hydroxyl groups is 19. The third-order valence-corrected chi connectivity index (χ3v) is 15.4. The minimum atomic E-state index is -2.21.